The van der Waals surface area contributed by atoms with Gasteiger partial charge in [-0.1, -0.05) is 0 Å². The fourth-order valence-electron chi connectivity index (χ4n) is 2.85. The zero-order valence-electron chi connectivity index (χ0n) is 14.1. The minimum Gasteiger partial charge on any atom is -0.339 e. The maximum absolute atomic E-state index is 12.5. The van der Waals surface area contributed by atoms with E-state index in [2.05, 4.69) is 10.0 Å². The summed E-state index contributed by atoms with van der Waals surface area (Å²) in [6, 6.07) is 6.58. The Morgan fingerprint density at radius 3 is 2.29 bits per heavy atom. The van der Waals surface area contributed by atoms with Crippen LogP contribution in [0.3, 0.4) is 0 Å². The minimum absolute atomic E-state index is 0. The Balaban J connectivity index is 0.00000288. The molecule has 1 aromatic rings. The molecule has 0 atom stereocenters. The molecule has 1 aliphatic heterocycles. The number of anilines is 1. The van der Waals surface area contributed by atoms with Gasteiger partial charge < -0.3 is 10.2 Å². The average Bonchev–Trinajstić information content (AvgIpc) is 2.52. The second-order valence-electron chi connectivity index (χ2n) is 6.08. The first-order valence-corrected chi connectivity index (χ1v) is 9.80. The Morgan fingerprint density at radius 2 is 1.79 bits per heavy atom. The van der Waals surface area contributed by atoms with E-state index >= 15 is 0 Å². The number of halogens is 1. The number of amides is 1. The van der Waals surface area contributed by atoms with Gasteiger partial charge in [-0.2, -0.15) is 0 Å². The summed E-state index contributed by atoms with van der Waals surface area (Å²) >= 11 is 0. The van der Waals surface area contributed by atoms with Crippen LogP contribution in [0, 0.1) is 5.92 Å². The number of likely N-dealkylation sites (tertiary alicyclic amines) is 1. The Bertz CT molecular complexity index is 626. The van der Waals surface area contributed by atoms with Crippen molar-refractivity contribution in [3.8, 4) is 0 Å². The molecule has 2 N–H and O–H groups in total. The van der Waals surface area contributed by atoms with Gasteiger partial charge in [-0.05, 0) is 63.0 Å². The molecule has 8 heteroatoms. The van der Waals surface area contributed by atoms with Gasteiger partial charge in [-0.15, -0.1) is 12.4 Å². The molecular formula is C16H26ClN3O3S. The molecule has 0 unspecified atom stereocenters. The highest BCUT2D eigenvalue weighted by Gasteiger charge is 2.23. The van der Waals surface area contributed by atoms with E-state index in [-0.39, 0.29) is 18.3 Å². The second kappa shape index (κ2) is 9.25. The lowest BCUT2D eigenvalue weighted by Gasteiger charge is -2.32. The summed E-state index contributed by atoms with van der Waals surface area (Å²) in [4.78, 5) is 14.4. The first kappa shape index (κ1) is 20.7. The van der Waals surface area contributed by atoms with E-state index in [1.807, 2.05) is 11.9 Å². The van der Waals surface area contributed by atoms with Crippen LogP contribution in [-0.2, 0) is 10.0 Å². The molecule has 0 spiro atoms. The van der Waals surface area contributed by atoms with Crippen LogP contribution in [0.2, 0.25) is 0 Å². The SMILES string of the molecule is CNCCC1CCN(C(=O)c2ccc(NS(C)(=O)=O)cc2)CC1.Cl. The van der Waals surface area contributed by atoms with Gasteiger partial charge in [0.25, 0.3) is 5.91 Å². The number of hydrogen-bond donors (Lipinski definition) is 2. The van der Waals surface area contributed by atoms with Gasteiger partial charge in [0.15, 0.2) is 0 Å². The Hall–Kier alpha value is -1.31. The van der Waals surface area contributed by atoms with Crippen LogP contribution in [0.15, 0.2) is 24.3 Å². The third-order valence-corrected chi connectivity index (χ3v) is 4.75. The number of carbonyl (C=O) groups is 1. The predicted molar refractivity (Wildman–Crippen MR) is 99.3 cm³/mol. The molecule has 0 radical (unpaired) electrons. The van der Waals surface area contributed by atoms with Crippen LogP contribution in [0.25, 0.3) is 0 Å². The van der Waals surface area contributed by atoms with Gasteiger partial charge in [-0.25, -0.2) is 8.42 Å². The van der Waals surface area contributed by atoms with Gasteiger partial charge in [0.1, 0.15) is 0 Å². The van der Waals surface area contributed by atoms with E-state index in [1.165, 1.54) is 0 Å². The molecule has 2 rings (SSSR count). The van der Waals surface area contributed by atoms with E-state index in [4.69, 9.17) is 0 Å². The van der Waals surface area contributed by atoms with Crippen molar-refractivity contribution in [2.24, 2.45) is 5.92 Å². The molecule has 1 saturated heterocycles. The van der Waals surface area contributed by atoms with Crippen LogP contribution in [-0.4, -0.2) is 52.2 Å². The molecule has 1 amide bonds. The van der Waals surface area contributed by atoms with Gasteiger partial charge in [0.05, 0.1) is 6.26 Å². The lowest BCUT2D eigenvalue weighted by atomic mass is 9.93. The van der Waals surface area contributed by atoms with Gasteiger partial charge in [0, 0.05) is 24.3 Å². The highest BCUT2D eigenvalue weighted by atomic mass is 35.5. The summed E-state index contributed by atoms with van der Waals surface area (Å²) in [5.74, 6) is 0.704. The van der Waals surface area contributed by atoms with E-state index in [0.29, 0.717) is 17.2 Å². The summed E-state index contributed by atoms with van der Waals surface area (Å²) in [6.45, 7) is 2.60. The number of piperidine rings is 1. The highest BCUT2D eigenvalue weighted by Crippen LogP contribution is 2.22. The fraction of sp³-hybridized carbons (Fsp3) is 0.562. The van der Waals surface area contributed by atoms with E-state index < -0.39 is 10.0 Å². The van der Waals surface area contributed by atoms with E-state index in [9.17, 15) is 13.2 Å². The average molecular weight is 376 g/mol. The van der Waals surface area contributed by atoms with Crippen molar-refractivity contribution in [3.05, 3.63) is 29.8 Å². The number of sulfonamides is 1. The van der Waals surface area contributed by atoms with Crippen molar-refractivity contribution in [2.75, 3.05) is 37.7 Å². The maximum Gasteiger partial charge on any atom is 0.253 e. The molecule has 0 bridgehead atoms. The molecule has 0 aromatic heterocycles. The topological polar surface area (TPSA) is 78.5 Å². The summed E-state index contributed by atoms with van der Waals surface area (Å²) in [6.07, 6.45) is 4.34. The van der Waals surface area contributed by atoms with Crippen LogP contribution >= 0.6 is 12.4 Å². The van der Waals surface area contributed by atoms with E-state index in [1.54, 1.807) is 24.3 Å². The molecule has 6 nitrogen and oxygen atoms in total. The Kier molecular flexibility index (Phi) is 7.99. The molecule has 1 aromatic carbocycles. The monoisotopic (exact) mass is 375 g/mol. The van der Waals surface area contributed by atoms with Crippen molar-refractivity contribution >= 4 is 34.0 Å². The summed E-state index contributed by atoms with van der Waals surface area (Å²) in [5, 5.41) is 3.17. The number of nitrogens with one attached hydrogen (secondary N) is 2. The summed E-state index contributed by atoms with van der Waals surface area (Å²) in [5.41, 5.74) is 1.06. The number of hydrogen-bond acceptors (Lipinski definition) is 4. The number of benzene rings is 1. The van der Waals surface area contributed by atoms with Crippen LogP contribution in [0.1, 0.15) is 29.6 Å². The molecule has 1 heterocycles. The second-order valence-corrected chi connectivity index (χ2v) is 7.83. The maximum atomic E-state index is 12.5. The molecule has 24 heavy (non-hydrogen) atoms. The van der Waals surface area contributed by atoms with Crippen molar-refractivity contribution < 1.29 is 13.2 Å². The summed E-state index contributed by atoms with van der Waals surface area (Å²) in [7, 11) is -1.34. The van der Waals surface area contributed by atoms with Crippen molar-refractivity contribution in [1.82, 2.24) is 10.2 Å². The van der Waals surface area contributed by atoms with Crippen molar-refractivity contribution in [3.63, 3.8) is 0 Å². The zero-order chi connectivity index (χ0) is 16.9. The predicted octanol–water partition coefficient (Wildman–Crippen LogP) is 1.94. The van der Waals surface area contributed by atoms with Gasteiger partial charge in [0.2, 0.25) is 10.0 Å². The van der Waals surface area contributed by atoms with Crippen molar-refractivity contribution in [1.29, 1.82) is 0 Å². The first-order chi connectivity index (χ1) is 10.9. The van der Waals surface area contributed by atoms with Crippen LogP contribution in [0.5, 0.6) is 0 Å². The summed E-state index contributed by atoms with van der Waals surface area (Å²) < 4.78 is 24.8. The Morgan fingerprint density at radius 1 is 1.21 bits per heavy atom. The minimum atomic E-state index is -3.30. The number of carbonyl (C=O) groups excluding carboxylic acids is 1. The third-order valence-electron chi connectivity index (χ3n) is 4.14. The van der Waals surface area contributed by atoms with Gasteiger partial charge >= 0.3 is 0 Å². The van der Waals surface area contributed by atoms with Gasteiger partial charge in [-0.3, -0.25) is 9.52 Å². The highest BCUT2D eigenvalue weighted by molar-refractivity contribution is 7.92. The van der Waals surface area contributed by atoms with Crippen LogP contribution < -0.4 is 10.0 Å². The van der Waals surface area contributed by atoms with Crippen molar-refractivity contribution in [2.45, 2.75) is 19.3 Å². The lowest BCUT2D eigenvalue weighted by Crippen LogP contribution is -2.38. The molecular weight excluding hydrogens is 350 g/mol. The smallest absolute Gasteiger partial charge is 0.253 e. The lowest BCUT2D eigenvalue weighted by molar-refractivity contribution is 0.0687. The molecule has 1 aliphatic rings. The van der Waals surface area contributed by atoms with Crippen LogP contribution in [0.4, 0.5) is 5.69 Å². The third kappa shape index (κ3) is 6.30. The molecule has 0 aliphatic carbocycles. The standard InChI is InChI=1S/C16H25N3O3S.ClH/c1-17-10-7-13-8-11-19(12-9-13)16(20)14-3-5-15(6-4-14)18-23(2,21)22;/h3-6,13,17-18H,7-12H2,1-2H3;1H. The normalized spacial score (nSPS) is 15.7. The zero-order valence-corrected chi connectivity index (χ0v) is 15.8. The number of nitrogens with zero attached hydrogens (tertiary/aromatic N) is 1. The number of rotatable bonds is 6. The van der Waals surface area contributed by atoms with E-state index in [0.717, 1.165) is 45.2 Å². The fourth-order valence-corrected chi connectivity index (χ4v) is 3.41. The first-order valence-electron chi connectivity index (χ1n) is 7.91. The molecule has 1 fully saturated rings. The molecule has 136 valence electrons. The largest absolute Gasteiger partial charge is 0.339 e. The Labute approximate surface area is 150 Å². The quantitative estimate of drug-likeness (QED) is 0.796. The molecule has 0 saturated carbocycles.